The van der Waals surface area contributed by atoms with Gasteiger partial charge in [0.1, 0.15) is 17.6 Å². The smallest absolute Gasteiger partial charge is 0.269 e. The van der Waals surface area contributed by atoms with Gasteiger partial charge in [0, 0.05) is 23.7 Å². The first-order valence-electron chi connectivity index (χ1n) is 7.93. The molecule has 1 saturated heterocycles. The number of nitrogens with zero attached hydrogens (tertiary/aromatic N) is 2. The number of carbonyl (C=O) groups is 2. The van der Waals surface area contributed by atoms with Crippen molar-refractivity contribution in [3.8, 4) is 11.3 Å². The van der Waals surface area contributed by atoms with Gasteiger partial charge in [0.25, 0.3) is 5.91 Å². The number of benzene rings is 1. The number of nitrogens with one attached hydrogen (secondary N) is 2. The highest BCUT2D eigenvalue weighted by molar-refractivity contribution is 7.15. The molecule has 0 aliphatic carbocycles. The van der Waals surface area contributed by atoms with Gasteiger partial charge in [-0.2, -0.15) is 0 Å². The van der Waals surface area contributed by atoms with E-state index in [2.05, 4.69) is 15.6 Å². The van der Waals surface area contributed by atoms with Crippen LogP contribution in [0.15, 0.2) is 35.8 Å². The highest BCUT2D eigenvalue weighted by Gasteiger charge is 2.25. The summed E-state index contributed by atoms with van der Waals surface area (Å²) in [5, 5.41) is 7.24. The Hall–Kier alpha value is -2.74. The maximum atomic E-state index is 13.1. The number of amides is 2. The molecule has 2 aromatic heterocycles. The summed E-state index contributed by atoms with van der Waals surface area (Å²) in [6, 6.07) is 5.54. The van der Waals surface area contributed by atoms with E-state index in [1.807, 2.05) is 0 Å². The largest absolute Gasteiger partial charge is 0.354 e. The lowest BCUT2D eigenvalue weighted by Gasteiger charge is -2.22. The van der Waals surface area contributed by atoms with E-state index < -0.39 is 6.04 Å². The second kappa shape index (κ2) is 6.29. The molecule has 4 rings (SSSR count). The van der Waals surface area contributed by atoms with E-state index in [4.69, 9.17) is 0 Å². The van der Waals surface area contributed by atoms with E-state index in [0.717, 1.165) is 12.0 Å². The van der Waals surface area contributed by atoms with Crippen LogP contribution in [0.3, 0.4) is 0 Å². The standard InChI is InChI=1S/C17H15FN4O2S/c18-11-5-3-10(4-6-11)13-8-22-14(9-25-17(22)21-13)16(24)20-12-2-1-7-19-15(12)23/h3-6,8-9,12H,1-2,7H2,(H,19,23)(H,20,24)/t12-/m1/s1. The van der Waals surface area contributed by atoms with E-state index in [1.54, 1.807) is 28.1 Å². The number of halogens is 1. The van der Waals surface area contributed by atoms with Crippen molar-refractivity contribution in [1.82, 2.24) is 20.0 Å². The van der Waals surface area contributed by atoms with E-state index in [1.165, 1.54) is 23.5 Å². The van der Waals surface area contributed by atoms with Gasteiger partial charge in [-0.1, -0.05) is 0 Å². The molecule has 1 aromatic carbocycles. The SMILES string of the molecule is O=C(N[C@@H]1CCCNC1=O)c1csc2nc(-c3ccc(F)cc3)cn12. The Morgan fingerprint density at radius 3 is 2.92 bits per heavy atom. The van der Waals surface area contributed by atoms with Crippen LogP contribution in [0.25, 0.3) is 16.2 Å². The topological polar surface area (TPSA) is 75.5 Å². The summed E-state index contributed by atoms with van der Waals surface area (Å²) in [6.45, 7) is 0.649. The summed E-state index contributed by atoms with van der Waals surface area (Å²) in [4.78, 5) is 29.5. The Morgan fingerprint density at radius 1 is 1.36 bits per heavy atom. The minimum atomic E-state index is -0.503. The van der Waals surface area contributed by atoms with Crippen LogP contribution in [0.5, 0.6) is 0 Å². The zero-order valence-electron chi connectivity index (χ0n) is 13.2. The van der Waals surface area contributed by atoms with Gasteiger partial charge in [0.2, 0.25) is 5.91 Å². The third-order valence-corrected chi connectivity index (χ3v) is 5.01. The second-order valence-electron chi connectivity index (χ2n) is 5.87. The highest BCUT2D eigenvalue weighted by Crippen LogP contribution is 2.24. The molecule has 0 radical (unpaired) electrons. The van der Waals surface area contributed by atoms with Gasteiger partial charge < -0.3 is 10.6 Å². The van der Waals surface area contributed by atoms with Crippen molar-refractivity contribution in [2.45, 2.75) is 18.9 Å². The molecule has 25 heavy (non-hydrogen) atoms. The highest BCUT2D eigenvalue weighted by atomic mass is 32.1. The van der Waals surface area contributed by atoms with Crippen LogP contribution in [0.2, 0.25) is 0 Å². The Balaban J connectivity index is 1.60. The first kappa shape index (κ1) is 15.8. The molecular formula is C17H15FN4O2S. The van der Waals surface area contributed by atoms with E-state index in [9.17, 15) is 14.0 Å². The minimum absolute atomic E-state index is 0.149. The molecule has 1 aliphatic heterocycles. The zero-order valence-corrected chi connectivity index (χ0v) is 14.0. The van der Waals surface area contributed by atoms with Gasteiger partial charge in [-0.3, -0.25) is 14.0 Å². The van der Waals surface area contributed by atoms with Gasteiger partial charge in [-0.05, 0) is 37.1 Å². The quantitative estimate of drug-likeness (QED) is 0.754. The number of hydrogen-bond donors (Lipinski definition) is 2. The number of imidazole rings is 1. The minimum Gasteiger partial charge on any atom is -0.354 e. The monoisotopic (exact) mass is 358 g/mol. The fraction of sp³-hybridized carbons (Fsp3) is 0.235. The van der Waals surface area contributed by atoms with Crippen molar-refractivity contribution < 1.29 is 14.0 Å². The van der Waals surface area contributed by atoms with Gasteiger partial charge >= 0.3 is 0 Å². The third kappa shape index (κ3) is 3.00. The number of piperidine rings is 1. The van der Waals surface area contributed by atoms with Crippen molar-refractivity contribution in [3.05, 3.63) is 47.4 Å². The van der Waals surface area contributed by atoms with Crippen LogP contribution >= 0.6 is 11.3 Å². The lowest BCUT2D eigenvalue weighted by atomic mass is 10.1. The van der Waals surface area contributed by atoms with Crippen molar-refractivity contribution in [2.24, 2.45) is 0 Å². The Morgan fingerprint density at radius 2 is 2.16 bits per heavy atom. The van der Waals surface area contributed by atoms with E-state index in [0.29, 0.717) is 29.3 Å². The Kier molecular flexibility index (Phi) is 3.96. The average Bonchev–Trinajstić information content (AvgIpc) is 3.18. The van der Waals surface area contributed by atoms with Crippen LogP contribution in [-0.2, 0) is 4.79 Å². The molecule has 6 nitrogen and oxygen atoms in total. The van der Waals surface area contributed by atoms with Crippen LogP contribution in [0.1, 0.15) is 23.3 Å². The molecule has 1 fully saturated rings. The molecule has 0 spiro atoms. The molecular weight excluding hydrogens is 343 g/mol. The average molecular weight is 358 g/mol. The third-order valence-electron chi connectivity index (χ3n) is 4.17. The van der Waals surface area contributed by atoms with Gasteiger partial charge in [-0.25, -0.2) is 9.37 Å². The molecule has 3 aromatic rings. The summed E-state index contributed by atoms with van der Waals surface area (Å²) >= 11 is 1.34. The molecule has 0 unspecified atom stereocenters. The fourth-order valence-corrected chi connectivity index (χ4v) is 3.70. The van der Waals surface area contributed by atoms with Crippen LogP contribution in [-0.4, -0.2) is 33.8 Å². The summed E-state index contributed by atoms with van der Waals surface area (Å²) < 4.78 is 14.8. The Labute approximate surface area is 146 Å². The van der Waals surface area contributed by atoms with Crippen molar-refractivity contribution >= 4 is 28.1 Å². The molecule has 2 amide bonds. The van der Waals surface area contributed by atoms with E-state index >= 15 is 0 Å². The Bertz CT molecular complexity index is 947. The number of thiazole rings is 1. The predicted molar refractivity (Wildman–Crippen MR) is 92.0 cm³/mol. The molecule has 2 N–H and O–H groups in total. The lowest BCUT2D eigenvalue weighted by Crippen LogP contribution is -2.50. The maximum Gasteiger partial charge on any atom is 0.269 e. The fourth-order valence-electron chi connectivity index (χ4n) is 2.85. The summed E-state index contributed by atoms with van der Waals surface area (Å²) in [5.41, 5.74) is 1.87. The molecule has 0 bridgehead atoms. The number of fused-ring (bicyclic) bond motifs is 1. The number of rotatable bonds is 3. The lowest BCUT2D eigenvalue weighted by molar-refractivity contribution is -0.124. The molecule has 8 heteroatoms. The summed E-state index contributed by atoms with van der Waals surface area (Å²) in [7, 11) is 0. The van der Waals surface area contributed by atoms with Gasteiger partial charge in [-0.15, -0.1) is 11.3 Å². The zero-order chi connectivity index (χ0) is 17.4. The second-order valence-corrected chi connectivity index (χ2v) is 6.70. The first-order valence-corrected chi connectivity index (χ1v) is 8.81. The van der Waals surface area contributed by atoms with Crippen LogP contribution in [0.4, 0.5) is 4.39 Å². The van der Waals surface area contributed by atoms with Crippen LogP contribution in [0, 0.1) is 5.82 Å². The summed E-state index contributed by atoms with van der Waals surface area (Å²) in [5.74, 6) is -0.768. The van der Waals surface area contributed by atoms with Crippen molar-refractivity contribution in [2.75, 3.05) is 6.54 Å². The molecule has 1 aliphatic rings. The molecule has 3 heterocycles. The summed E-state index contributed by atoms with van der Waals surface area (Å²) in [6.07, 6.45) is 3.22. The van der Waals surface area contributed by atoms with Crippen LogP contribution < -0.4 is 10.6 Å². The molecule has 1 atom stereocenters. The molecule has 128 valence electrons. The van der Waals surface area contributed by atoms with Crippen molar-refractivity contribution in [1.29, 1.82) is 0 Å². The van der Waals surface area contributed by atoms with E-state index in [-0.39, 0.29) is 17.6 Å². The maximum absolute atomic E-state index is 13.1. The number of hydrogen-bond acceptors (Lipinski definition) is 4. The molecule has 0 saturated carbocycles. The number of carbonyl (C=O) groups excluding carboxylic acids is 2. The van der Waals surface area contributed by atoms with Gasteiger partial charge in [0.15, 0.2) is 4.96 Å². The number of aromatic nitrogens is 2. The first-order chi connectivity index (χ1) is 12.1. The van der Waals surface area contributed by atoms with Crippen molar-refractivity contribution in [3.63, 3.8) is 0 Å². The normalized spacial score (nSPS) is 17.5. The van der Waals surface area contributed by atoms with Gasteiger partial charge in [0.05, 0.1) is 5.69 Å². The predicted octanol–water partition coefficient (Wildman–Crippen LogP) is 2.21.